The van der Waals surface area contributed by atoms with Crippen molar-refractivity contribution >= 4 is 66.7 Å². The van der Waals surface area contributed by atoms with Crippen LogP contribution in [0.3, 0.4) is 0 Å². The Kier molecular flexibility index (Phi) is 8.37. The average Bonchev–Trinajstić information content (AvgIpc) is 3.71. The van der Waals surface area contributed by atoms with Crippen LogP contribution in [0, 0.1) is 0 Å². The maximum absolute atomic E-state index is 11.2. The number of unbranched alkanes of at least 4 members (excludes halogenated alkanes) is 1. The fourth-order valence-corrected chi connectivity index (χ4v) is 8.68. The van der Waals surface area contributed by atoms with E-state index in [-0.39, 0.29) is 11.2 Å². The van der Waals surface area contributed by atoms with Crippen LogP contribution in [0.1, 0.15) is 37.1 Å². The fourth-order valence-electron chi connectivity index (χ4n) is 6.11. The van der Waals surface area contributed by atoms with Crippen LogP contribution in [0.4, 0.5) is 11.4 Å². The molecule has 0 amide bonds. The largest absolute Gasteiger partial charge is 0.748 e. The molecular formula is C36H36N2O3S3. The molecule has 0 radical (unpaired) electrons. The number of allylic oxidation sites excluding steroid dienone is 1. The Balaban J connectivity index is 1.29. The van der Waals surface area contributed by atoms with Crippen LogP contribution in [0.15, 0.2) is 91.0 Å². The Morgan fingerprint density at radius 3 is 2.27 bits per heavy atom. The van der Waals surface area contributed by atoms with E-state index >= 15 is 0 Å². The number of nitrogens with zero attached hydrogens (tertiary/aromatic N) is 2. The van der Waals surface area contributed by atoms with Crippen LogP contribution in [0.2, 0.25) is 0 Å². The molecule has 3 heterocycles. The summed E-state index contributed by atoms with van der Waals surface area (Å²) in [6.45, 7) is 5.17. The molecular weight excluding hydrogens is 605 g/mol. The molecule has 0 fully saturated rings. The van der Waals surface area contributed by atoms with Gasteiger partial charge in [-0.25, -0.2) is 8.42 Å². The highest BCUT2D eigenvalue weighted by Gasteiger charge is 2.45. The van der Waals surface area contributed by atoms with Gasteiger partial charge in [0.05, 0.1) is 15.5 Å². The summed E-state index contributed by atoms with van der Waals surface area (Å²) in [5.41, 5.74) is 5.75. The quantitative estimate of drug-likeness (QED) is 0.0870. The van der Waals surface area contributed by atoms with E-state index in [1.165, 1.54) is 52.8 Å². The van der Waals surface area contributed by atoms with E-state index in [1.54, 1.807) is 11.3 Å². The number of rotatable bonds is 10. The summed E-state index contributed by atoms with van der Waals surface area (Å²) in [6.07, 6.45) is 5.38. The molecule has 0 aliphatic carbocycles. The van der Waals surface area contributed by atoms with Gasteiger partial charge in [0.15, 0.2) is 5.71 Å². The van der Waals surface area contributed by atoms with Gasteiger partial charge in [0.1, 0.15) is 6.54 Å². The zero-order chi connectivity index (χ0) is 31.1. The highest BCUT2D eigenvalue weighted by Crippen LogP contribution is 2.45. The van der Waals surface area contributed by atoms with Gasteiger partial charge in [0, 0.05) is 69.2 Å². The molecule has 0 saturated carbocycles. The standard InChI is InChI=1S/C36H36N2O3S3/c1-36(2)34(38(23-7-8-24-44(39,40)41)30-18-13-25-9-5-6-10-29(25)35(30)36)22-17-28-16-19-32(42-28)33-21-20-31(43-33)26-11-14-27(15-12-26)37(3)4/h5-6,9-22H,7-8,23-24H2,1-4H3. The van der Waals surface area contributed by atoms with Gasteiger partial charge in [-0.05, 0) is 85.1 Å². The van der Waals surface area contributed by atoms with Crippen molar-refractivity contribution in [2.24, 2.45) is 0 Å². The van der Waals surface area contributed by atoms with Gasteiger partial charge in [-0.2, -0.15) is 4.58 Å². The minimum Gasteiger partial charge on any atom is -0.748 e. The smallest absolute Gasteiger partial charge is 0.210 e. The van der Waals surface area contributed by atoms with Crippen molar-refractivity contribution < 1.29 is 17.5 Å². The Labute approximate surface area is 268 Å². The zero-order valence-electron chi connectivity index (χ0n) is 25.4. The van der Waals surface area contributed by atoms with Gasteiger partial charge in [0.25, 0.3) is 0 Å². The average molecular weight is 641 g/mol. The van der Waals surface area contributed by atoms with Gasteiger partial charge in [-0.3, -0.25) is 0 Å². The molecule has 5 nitrogen and oxygen atoms in total. The predicted octanol–water partition coefficient (Wildman–Crippen LogP) is 8.78. The van der Waals surface area contributed by atoms with Gasteiger partial charge in [0.2, 0.25) is 5.69 Å². The summed E-state index contributed by atoms with van der Waals surface area (Å²) in [4.78, 5) is 7.03. The molecule has 5 aromatic rings. The van der Waals surface area contributed by atoms with Crippen molar-refractivity contribution in [3.63, 3.8) is 0 Å². The molecule has 226 valence electrons. The van der Waals surface area contributed by atoms with Gasteiger partial charge >= 0.3 is 0 Å². The normalized spacial score (nSPS) is 14.6. The molecule has 3 aromatic carbocycles. The minimum atomic E-state index is -4.22. The SMILES string of the molecule is CN(C)c1ccc(-c2ccc(-c3ccc(/C=C/C4=[N+](CCCCS(=O)(=O)[O-])c5ccc6ccccc6c5C4(C)C)s3)s2)cc1. The maximum Gasteiger partial charge on any atom is 0.210 e. The monoisotopic (exact) mass is 640 g/mol. The molecule has 0 spiro atoms. The predicted molar refractivity (Wildman–Crippen MR) is 187 cm³/mol. The molecule has 2 aromatic heterocycles. The van der Waals surface area contributed by atoms with Crippen molar-refractivity contribution in [1.29, 1.82) is 0 Å². The number of hydrogen-bond acceptors (Lipinski definition) is 6. The number of thiophene rings is 2. The molecule has 0 N–H and O–H groups in total. The zero-order valence-corrected chi connectivity index (χ0v) is 27.9. The van der Waals surface area contributed by atoms with Crippen LogP contribution in [-0.4, -0.2) is 49.7 Å². The molecule has 1 aliphatic heterocycles. The summed E-state index contributed by atoms with van der Waals surface area (Å²) < 4.78 is 36.0. The second kappa shape index (κ2) is 12.1. The number of benzene rings is 3. The van der Waals surface area contributed by atoms with E-state index in [4.69, 9.17) is 0 Å². The van der Waals surface area contributed by atoms with Gasteiger partial charge < -0.3 is 9.45 Å². The second-order valence-corrected chi connectivity index (χ2v) is 15.7. The van der Waals surface area contributed by atoms with E-state index in [0.717, 1.165) is 5.69 Å². The highest BCUT2D eigenvalue weighted by molar-refractivity contribution is 7.85. The second-order valence-electron chi connectivity index (χ2n) is 12.0. The first-order valence-corrected chi connectivity index (χ1v) is 18.0. The van der Waals surface area contributed by atoms with E-state index in [9.17, 15) is 13.0 Å². The summed E-state index contributed by atoms with van der Waals surface area (Å²) in [5, 5.41) is 2.43. The van der Waals surface area contributed by atoms with Crippen molar-refractivity contribution in [3.8, 4) is 20.2 Å². The van der Waals surface area contributed by atoms with Crippen LogP contribution in [0.5, 0.6) is 0 Å². The third-order valence-corrected chi connectivity index (χ3v) is 11.5. The van der Waals surface area contributed by atoms with Crippen molar-refractivity contribution in [2.45, 2.75) is 32.1 Å². The molecule has 8 heteroatoms. The Morgan fingerprint density at radius 1 is 0.818 bits per heavy atom. The van der Waals surface area contributed by atoms with Crippen LogP contribution >= 0.6 is 22.7 Å². The van der Waals surface area contributed by atoms with Crippen LogP contribution in [0.25, 0.3) is 37.0 Å². The number of hydrogen-bond donors (Lipinski definition) is 0. The molecule has 0 bridgehead atoms. The lowest BCUT2D eigenvalue weighted by atomic mass is 9.79. The van der Waals surface area contributed by atoms with Crippen molar-refractivity contribution in [2.75, 3.05) is 31.3 Å². The first kappa shape index (κ1) is 30.5. The van der Waals surface area contributed by atoms with Gasteiger partial charge in [-0.1, -0.05) is 36.4 Å². The summed E-state index contributed by atoms with van der Waals surface area (Å²) >= 11 is 3.59. The maximum atomic E-state index is 11.2. The highest BCUT2D eigenvalue weighted by atomic mass is 32.2. The summed E-state index contributed by atoms with van der Waals surface area (Å²) in [7, 11) is -0.115. The third-order valence-electron chi connectivity index (χ3n) is 8.33. The molecule has 6 rings (SSSR count). The van der Waals surface area contributed by atoms with E-state index < -0.39 is 10.1 Å². The Morgan fingerprint density at radius 2 is 1.52 bits per heavy atom. The van der Waals surface area contributed by atoms with Crippen molar-refractivity contribution in [1.82, 2.24) is 0 Å². The van der Waals surface area contributed by atoms with Crippen LogP contribution in [-0.2, 0) is 15.5 Å². The van der Waals surface area contributed by atoms with E-state index in [2.05, 4.69) is 134 Å². The lowest BCUT2D eigenvalue weighted by Crippen LogP contribution is -2.28. The van der Waals surface area contributed by atoms with E-state index in [0.29, 0.717) is 19.4 Å². The van der Waals surface area contributed by atoms with E-state index in [1.807, 2.05) is 11.3 Å². The summed E-state index contributed by atoms with van der Waals surface area (Å²) in [5.74, 6) is -0.330. The molecule has 44 heavy (non-hydrogen) atoms. The molecule has 0 unspecified atom stereocenters. The topological polar surface area (TPSA) is 63.5 Å². The number of fused-ring (bicyclic) bond motifs is 3. The Hall–Kier alpha value is -3.56. The third kappa shape index (κ3) is 6.17. The lowest BCUT2D eigenvalue weighted by Gasteiger charge is -2.17. The molecule has 1 aliphatic rings. The number of anilines is 1. The first-order chi connectivity index (χ1) is 21.0. The minimum absolute atomic E-state index is 0.262. The molecule has 0 saturated heterocycles. The fraction of sp³-hybridized carbons (Fsp3) is 0.250. The van der Waals surface area contributed by atoms with Crippen LogP contribution < -0.4 is 4.90 Å². The van der Waals surface area contributed by atoms with Crippen molar-refractivity contribution in [3.05, 3.63) is 101 Å². The summed E-state index contributed by atoms with van der Waals surface area (Å²) in [6, 6.07) is 30.3. The Bertz CT molecular complexity index is 2000. The van der Waals surface area contributed by atoms with Gasteiger partial charge in [-0.15, -0.1) is 22.7 Å². The first-order valence-electron chi connectivity index (χ1n) is 14.8. The lowest BCUT2D eigenvalue weighted by molar-refractivity contribution is -0.438. The molecule has 0 atom stereocenters.